The number of aliphatic hydroxyl groups excluding tert-OH is 1. The molecule has 1 saturated heterocycles. The number of nitrogens with zero attached hydrogens (tertiary/aromatic N) is 1. The van der Waals surface area contributed by atoms with E-state index in [-0.39, 0.29) is 24.6 Å². The van der Waals surface area contributed by atoms with Crippen molar-refractivity contribution in [2.24, 2.45) is 0 Å². The molecule has 0 spiro atoms. The molecule has 2 N–H and O–H groups in total. The van der Waals surface area contributed by atoms with Gasteiger partial charge in [0, 0.05) is 25.6 Å². The van der Waals surface area contributed by atoms with Crippen LogP contribution in [0.1, 0.15) is 38.3 Å². The molecule has 0 radical (unpaired) electrons. The largest absolute Gasteiger partial charge is 0.394 e. The first kappa shape index (κ1) is 17.7. The fraction of sp³-hybridized carbons (Fsp3) is 0.588. The van der Waals surface area contributed by atoms with Gasteiger partial charge < -0.3 is 20.1 Å². The van der Waals surface area contributed by atoms with E-state index in [1.807, 2.05) is 13.8 Å². The van der Waals surface area contributed by atoms with E-state index < -0.39 is 11.6 Å². The molecule has 2 rings (SSSR count). The van der Waals surface area contributed by atoms with Crippen LogP contribution in [0.2, 0.25) is 0 Å². The SMILES string of the molecule is CC[C@@H](NC(=O)N1CC(OC)CC1(C)CO)c1ccccc1F. The highest BCUT2D eigenvalue weighted by atomic mass is 19.1. The van der Waals surface area contributed by atoms with Crippen LogP contribution in [0, 0.1) is 5.82 Å². The summed E-state index contributed by atoms with van der Waals surface area (Å²) in [6.45, 7) is 3.99. The highest BCUT2D eigenvalue weighted by Gasteiger charge is 2.44. The maximum Gasteiger partial charge on any atom is 0.318 e. The summed E-state index contributed by atoms with van der Waals surface area (Å²) in [5.74, 6) is -0.333. The van der Waals surface area contributed by atoms with Crippen LogP contribution < -0.4 is 5.32 Å². The van der Waals surface area contributed by atoms with Crippen molar-refractivity contribution in [2.75, 3.05) is 20.3 Å². The molecule has 0 bridgehead atoms. The van der Waals surface area contributed by atoms with Gasteiger partial charge >= 0.3 is 6.03 Å². The Labute approximate surface area is 136 Å². The molecule has 5 nitrogen and oxygen atoms in total. The fourth-order valence-electron chi connectivity index (χ4n) is 3.11. The minimum absolute atomic E-state index is 0.105. The van der Waals surface area contributed by atoms with Crippen LogP contribution in [0.3, 0.4) is 0 Å². The number of amides is 2. The lowest BCUT2D eigenvalue weighted by Gasteiger charge is -2.34. The molecular weight excluding hydrogens is 299 g/mol. The van der Waals surface area contributed by atoms with Crippen LogP contribution in [-0.4, -0.2) is 47.9 Å². The second-order valence-corrected chi connectivity index (χ2v) is 6.26. The van der Waals surface area contributed by atoms with E-state index in [0.717, 1.165) is 0 Å². The van der Waals surface area contributed by atoms with Crippen LogP contribution in [-0.2, 0) is 4.74 Å². The van der Waals surface area contributed by atoms with E-state index in [2.05, 4.69) is 5.32 Å². The summed E-state index contributed by atoms with van der Waals surface area (Å²) >= 11 is 0. The molecule has 1 fully saturated rings. The maximum absolute atomic E-state index is 14.0. The van der Waals surface area contributed by atoms with Crippen LogP contribution in [0.15, 0.2) is 24.3 Å². The van der Waals surface area contributed by atoms with Gasteiger partial charge in [-0.3, -0.25) is 0 Å². The van der Waals surface area contributed by atoms with Crippen molar-refractivity contribution in [1.82, 2.24) is 10.2 Å². The van der Waals surface area contributed by atoms with Crippen molar-refractivity contribution in [3.8, 4) is 0 Å². The first-order valence-electron chi connectivity index (χ1n) is 7.91. The number of urea groups is 1. The molecule has 0 aliphatic carbocycles. The van der Waals surface area contributed by atoms with Gasteiger partial charge in [-0.1, -0.05) is 25.1 Å². The zero-order chi connectivity index (χ0) is 17.0. The molecule has 3 atom stereocenters. The molecule has 1 aromatic carbocycles. The van der Waals surface area contributed by atoms with Crippen LogP contribution in [0.4, 0.5) is 9.18 Å². The number of hydrogen-bond donors (Lipinski definition) is 2. The molecule has 128 valence electrons. The van der Waals surface area contributed by atoms with Gasteiger partial charge in [-0.2, -0.15) is 0 Å². The third kappa shape index (κ3) is 3.64. The number of carbonyl (C=O) groups excluding carboxylic acids is 1. The molecule has 6 heteroatoms. The number of nitrogens with one attached hydrogen (secondary N) is 1. The van der Waals surface area contributed by atoms with E-state index in [4.69, 9.17) is 4.74 Å². The summed E-state index contributed by atoms with van der Waals surface area (Å²) < 4.78 is 19.3. The zero-order valence-electron chi connectivity index (χ0n) is 13.9. The minimum Gasteiger partial charge on any atom is -0.394 e. The number of halogens is 1. The number of rotatable bonds is 5. The van der Waals surface area contributed by atoms with Crippen molar-refractivity contribution < 1.29 is 19.0 Å². The summed E-state index contributed by atoms with van der Waals surface area (Å²) in [5.41, 5.74) is -0.199. The Balaban J connectivity index is 2.15. The second kappa shape index (κ2) is 7.27. The van der Waals surface area contributed by atoms with Crippen molar-refractivity contribution >= 4 is 6.03 Å². The molecule has 0 saturated carbocycles. The van der Waals surface area contributed by atoms with Gasteiger partial charge in [-0.15, -0.1) is 0 Å². The minimum atomic E-state index is -0.668. The van der Waals surface area contributed by atoms with Gasteiger partial charge in [0.25, 0.3) is 0 Å². The normalized spacial score (nSPS) is 25.4. The van der Waals surface area contributed by atoms with Gasteiger partial charge in [0.1, 0.15) is 5.82 Å². The first-order valence-corrected chi connectivity index (χ1v) is 7.91. The van der Waals surface area contributed by atoms with Crippen molar-refractivity contribution in [3.05, 3.63) is 35.6 Å². The molecule has 2 unspecified atom stereocenters. The summed E-state index contributed by atoms with van der Waals surface area (Å²) in [4.78, 5) is 14.2. The molecule has 0 aromatic heterocycles. The number of benzene rings is 1. The van der Waals surface area contributed by atoms with E-state index in [1.54, 1.807) is 30.2 Å². The number of carbonyl (C=O) groups is 1. The summed E-state index contributed by atoms with van der Waals surface area (Å²) in [6.07, 6.45) is 1.04. The van der Waals surface area contributed by atoms with E-state index >= 15 is 0 Å². The molecule has 1 aliphatic heterocycles. The smallest absolute Gasteiger partial charge is 0.318 e. The first-order chi connectivity index (χ1) is 10.9. The van der Waals surface area contributed by atoms with E-state index in [0.29, 0.717) is 24.9 Å². The van der Waals surface area contributed by atoms with Gasteiger partial charge in [0.05, 0.1) is 24.3 Å². The Hall–Kier alpha value is -1.66. The summed E-state index contributed by atoms with van der Waals surface area (Å²) in [5, 5.41) is 12.6. The Bertz CT molecular complexity index is 554. The molecule has 2 amide bonds. The Kier molecular flexibility index (Phi) is 5.59. The van der Waals surface area contributed by atoms with Crippen LogP contribution >= 0.6 is 0 Å². The monoisotopic (exact) mass is 324 g/mol. The fourth-order valence-corrected chi connectivity index (χ4v) is 3.11. The third-order valence-corrected chi connectivity index (χ3v) is 4.61. The number of hydrogen-bond acceptors (Lipinski definition) is 3. The highest BCUT2D eigenvalue weighted by Crippen LogP contribution is 2.31. The molecule has 1 aromatic rings. The number of methoxy groups -OCH3 is 1. The lowest BCUT2D eigenvalue weighted by molar-refractivity contribution is 0.0938. The molecular formula is C17H25FN2O3. The average Bonchev–Trinajstić information content (AvgIpc) is 2.91. The Morgan fingerprint density at radius 2 is 2.26 bits per heavy atom. The standard InChI is InChI=1S/C17H25FN2O3/c1-4-15(13-7-5-6-8-14(13)18)19-16(22)20-10-12(23-3)9-17(20,2)11-21/h5-8,12,15,21H,4,9-11H2,1-3H3,(H,19,22)/t12?,15-,17?/m1/s1. The quantitative estimate of drug-likeness (QED) is 0.874. The second-order valence-electron chi connectivity index (χ2n) is 6.26. The van der Waals surface area contributed by atoms with Gasteiger partial charge in [0.2, 0.25) is 0 Å². The average molecular weight is 324 g/mol. The Morgan fingerprint density at radius 3 is 2.83 bits per heavy atom. The molecule has 1 heterocycles. The maximum atomic E-state index is 14.0. The van der Waals surface area contributed by atoms with Gasteiger partial charge in [0.15, 0.2) is 0 Å². The lowest BCUT2D eigenvalue weighted by Crippen LogP contribution is -2.52. The Morgan fingerprint density at radius 1 is 1.57 bits per heavy atom. The zero-order valence-corrected chi connectivity index (χ0v) is 13.9. The third-order valence-electron chi connectivity index (χ3n) is 4.61. The summed E-state index contributed by atoms with van der Waals surface area (Å²) in [7, 11) is 1.60. The topological polar surface area (TPSA) is 61.8 Å². The summed E-state index contributed by atoms with van der Waals surface area (Å²) in [6, 6.07) is 5.72. The van der Waals surface area contributed by atoms with E-state index in [1.165, 1.54) is 6.07 Å². The van der Waals surface area contributed by atoms with Crippen molar-refractivity contribution in [3.63, 3.8) is 0 Å². The van der Waals surface area contributed by atoms with Crippen LogP contribution in [0.25, 0.3) is 0 Å². The molecule has 1 aliphatic rings. The lowest BCUT2D eigenvalue weighted by atomic mass is 9.99. The van der Waals surface area contributed by atoms with Gasteiger partial charge in [-0.25, -0.2) is 9.18 Å². The predicted molar refractivity (Wildman–Crippen MR) is 85.6 cm³/mol. The van der Waals surface area contributed by atoms with Gasteiger partial charge in [-0.05, 0) is 19.4 Å². The van der Waals surface area contributed by atoms with Crippen molar-refractivity contribution in [2.45, 2.75) is 44.4 Å². The predicted octanol–water partition coefficient (Wildman–Crippen LogP) is 2.46. The number of ether oxygens (including phenoxy) is 1. The highest BCUT2D eigenvalue weighted by molar-refractivity contribution is 5.76. The van der Waals surface area contributed by atoms with Crippen molar-refractivity contribution in [1.29, 1.82) is 0 Å². The number of aliphatic hydroxyl groups is 1. The molecule has 23 heavy (non-hydrogen) atoms. The van der Waals surface area contributed by atoms with Crippen LogP contribution in [0.5, 0.6) is 0 Å². The number of likely N-dealkylation sites (tertiary alicyclic amines) is 1. The van der Waals surface area contributed by atoms with E-state index in [9.17, 15) is 14.3 Å².